The largest absolute Gasteiger partial charge is 0.345 e. The molecule has 0 spiro atoms. The van der Waals surface area contributed by atoms with Gasteiger partial charge in [0.1, 0.15) is 0 Å². The monoisotopic (exact) mass is 294 g/mol. The zero-order valence-corrected chi connectivity index (χ0v) is 12.1. The van der Waals surface area contributed by atoms with E-state index in [-0.39, 0.29) is 11.8 Å². The normalized spacial score (nSPS) is 17.1. The van der Waals surface area contributed by atoms with Crippen LogP contribution in [-0.4, -0.2) is 34.1 Å². The Bertz CT molecular complexity index is 514. The van der Waals surface area contributed by atoms with Crippen LogP contribution in [0.2, 0.25) is 0 Å². The molecule has 1 aromatic rings. The molecule has 1 aliphatic rings. The van der Waals surface area contributed by atoms with E-state index in [4.69, 9.17) is 0 Å². The number of carbonyl (C=O) groups is 2. The van der Waals surface area contributed by atoms with Crippen LogP contribution in [-0.2, 0) is 20.4 Å². The first kappa shape index (κ1) is 14.7. The molecule has 0 aromatic heterocycles. The molecule has 2 N–H and O–H groups in total. The third-order valence-electron chi connectivity index (χ3n) is 3.03. The lowest BCUT2D eigenvalue weighted by atomic mass is 10.1. The van der Waals surface area contributed by atoms with Gasteiger partial charge >= 0.3 is 11.8 Å². The van der Waals surface area contributed by atoms with Crippen molar-refractivity contribution in [2.24, 2.45) is 0 Å². The summed E-state index contributed by atoms with van der Waals surface area (Å²) < 4.78 is 11.4. The van der Waals surface area contributed by atoms with Crippen LogP contribution in [0.25, 0.3) is 0 Å². The fourth-order valence-corrected chi connectivity index (χ4v) is 2.59. The van der Waals surface area contributed by atoms with E-state index in [0.29, 0.717) is 0 Å². The molecule has 0 unspecified atom stereocenters. The minimum Gasteiger partial charge on any atom is -0.345 e. The van der Waals surface area contributed by atoms with Crippen LogP contribution in [0.3, 0.4) is 0 Å². The molecule has 1 saturated carbocycles. The minimum absolute atomic E-state index is 0.142. The Balaban J connectivity index is 2.01. The second kappa shape index (κ2) is 6.65. The van der Waals surface area contributed by atoms with Crippen molar-refractivity contribution < 1.29 is 13.8 Å². The molecular formula is C14H18N2O3S. The van der Waals surface area contributed by atoms with Gasteiger partial charge in [-0.2, -0.15) is 0 Å². The first-order valence-corrected chi connectivity index (χ1v) is 8.25. The van der Waals surface area contributed by atoms with Crippen LogP contribution < -0.4 is 10.6 Å². The maximum Gasteiger partial charge on any atom is 0.309 e. The maximum atomic E-state index is 11.8. The predicted molar refractivity (Wildman–Crippen MR) is 77.4 cm³/mol. The summed E-state index contributed by atoms with van der Waals surface area (Å²) in [5.74, 6) is -1.00. The molecule has 108 valence electrons. The lowest BCUT2D eigenvalue weighted by molar-refractivity contribution is -0.139. The van der Waals surface area contributed by atoms with E-state index >= 15 is 0 Å². The van der Waals surface area contributed by atoms with E-state index in [0.717, 1.165) is 18.4 Å². The van der Waals surface area contributed by atoms with Gasteiger partial charge in [0.2, 0.25) is 0 Å². The summed E-state index contributed by atoms with van der Waals surface area (Å²) in [6.07, 6.45) is 3.44. The Morgan fingerprint density at radius 3 is 2.45 bits per heavy atom. The standard InChI is InChI=1S/C14H18N2O3S/c1-20(19)9-12(10-5-3-2-4-6-10)16-14(18)13(17)15-11-7-8-11/h2-6,11-12H,7-9H2,1H3,(H,15,17)(H,16,18)/t12-,20+/m1/s1. The van der Waals surface area contributed by atoms with Gasteiger partial charge in [-0.15, -0.1) is 0 Å². The van der Waals surface area contributed by atoms with Gasteiger partial charge in [0.05, 0.1) is 6.04 Å². The lowest BCUT2D eigenvalue weighted by Crippen LogP contribution is -2.43. The lowest BCUT2D eigenvalue weighted by Gasteiger charge is -2.17. The Morgan fingerprint density at radius 2 is 1.90 bits per heavy atom. The van der Waals surface area contributed by atoms with Gasteiger partial charge in [-0.05, 0) is 18.4 Å². The van der Waals surface area contributed by atoms with Gasteiger partial charge in [-0.1, -0.05) is 30.3 Å². The molecule has 0 aliphatic heterocycles. The van der Waals surface area contributed by atoms with Crippen molar-refractivity contribution >= 4 is 22.6 Å². The van der Waals surface area contributed by atoms with Crippen molar-refractivity contribution in [2.45, 2.75) is 24.9 Å². The Hall–Kier alpha value is -1.69. The maximum absolute atomic E-state index is 11.8. The first-order chi connectivity index (χ1) is 9.56. The Morgan fingerprint density at radius 1 is 1.25 bits per heavy atom. The fourth-order valence-electron chi connectivity index (χ4n) is 1.84. The average molecular weight is 294 g/mol. The molecule has 0 bridgehead atoms. The molecule has 5 nitrogen and oxygen atoms in total. The highest BCUT2D eigenvalue weighted by atomic mass is 32.2. The molecule has 2 rings (SSSR count). The van der Waals surface area contributed by atoms with Gasteiger partial charge < -0.3 is 10.6 Å². The summed E-state index contributed by atoms with van der Waals surface area (Å²) in [6, 6.07) is 8.97. The van der Waals surface area contributed by atoms with Gasteiger partial charge in [0.15, 0.2) is 0 Å². The molecule has 0 heterocycles. The third-order valence-corrected chi connectivity index (χ3v) is 3.83. The van der Waals surface area contributed by atoms with Crippen molar-refractivity contribution in [1.29, 1.82) is 0 Å². The molecule has 0 radical (unpaired) electrons. The zero-order valence-electron chi connectivity index (χ0n) is 11.3. The summed E-state index contributed by atoms with van der Waals surface area (Å²) in [7, 11) is -1.07. The van der Waals surface area contributed by atoms with Gasteiger partial charge in [-0.3, -0.25) is 13.8 Å². The second-order valence-electron chi connectivity index (χ2n) is 4.92. The smallest absolute Gasteiger partial charge is 0.309 e. The highest BCUT2D eigenvalue weighted by Crippen LogP contribution is 2.18. The van der Waals surface area contributed by atoms with Crippen LogP contribution in [0.5, 0.6) is 0 Å². The number of benzene rings is 1. The van der Waals surface area contributed by atoms with Crippen LogP contribution >= 0.6 is 0 Å². The Kier molecular flexibility index (Phi) is 4.89. The number of rotatable bonds is 5. The van der Waals surface area contributed by atoms with Crippen molar-refractivity contribution in [3.63, 3.8) is 0 Å². The van der Waals surface area contributed by atoms with E-state index in [1.54, 1.807) is 6.26 Å². The highest BCUT2D eigenvalue weighted by Gasteiger charge is 2.27. The number of nitrogens with one attached hydrogen (secondary N) is 2. The van der Waals surface area contributed by atoms with E-state index in [1.807, 2.05) is 30.3 Å². The third kappa shape index (κ3) is 4.45. The van der Waals surface area contributed by atoms with Gasteiger partial charge in [0.25, 0.3) is 0 Å². The topological polar surface area (TPSA) is 75.3 Å². The summed E-state index contributed by atoms with van der Waals surface area (Å²) in [5, 5.41) is 5.29. The molecule has 1 aromatic carbocycles. The van der Waals surface area contributed by atoms with Gasteiger partial charge in [-0.25, -0.2) is 0 Å². The first-order valence-electron chi connectivity index (χ1n) is 6.52. The summed E-state index contributed by atoms with van der Waals surface area (Å²) in [5.41, 5.74) is 0.843. The summed E-state index contributed by atoms with van der Waals surface area (Å²) in [6.45, 7) is 0. The molecule has 0 saturated heterocycles. The number of carbonyl (C=O) groups excluding carboxylic acids is 2. The summed E-state index contributed by atoms with van der Waals surface area (Å²) in [4.78, 5) is 23.5. The molecular weight excluding hydrogens is 276 g/mol. The fraction of sp³-hybridized carbons (Fsp3) is 0.429. The van der Waals surface area contributed by atoms with Crippen LogP contribution in [0.4, 0.5) is 0 Å². The molecule has 1 aliphatic carbocycles. The van der Waals surface area contributed by atoms with Crippen LogP contribution in [0.1, 0.15) is 24.4 Å². The molecule has 20 heavy (non-hydrogen) atoms. The van der Waals surface area contributed by atoms with E-state index in [1.165, 1.54) is 0 Å². The van der Waals surface area contributed by atoms with Crippen molar-refractivity contribution in [3.05, 3.63) is 35.9 Å². The van der Waals surface area contributed by atoms with Crippen molar-refractivity contribution in [3.8, 4) is 0 Å². The molecule has 2 amide bonds. The van der Waals surface area contributed by atoms with E-state index in [2.05, 4.69) is 10.6 Å². The molecule has 6 heteroatoms. The van der Waals surface area contributed by atoms with Crippen molar-refractivity contribution in [1.82, 2.24) is 10.6 Å². The second-order valence-corrected chi connectivity index (χ2v) is 6.40. The van der Waals surface area contributed by atoms with E-state index in [9.17, 15) is 13.8 Å². The SMILES string of the molecule is C[S@](=O)C[C@@H](NC(=O)C(=O)NC1CC1)c1ccccc1. The quantitative estimate of drug-likeness (QED) is 0.777. The number of hydrogen-bond donors (Lipinski definition) is 2. The molecule has 1 fully saturated rings. The number of amides is 2. The van der Waals surface area contributed by atoms with Crippen molar-refractivity contribution in [2.75, 3.05) is 12.0 Å². The highest BCUT2D eigenvalue weighted by molar-refractivity contribution is 7.84. The Labute approximate surface area is 120 Å². The van der Waals surface area contributed by atoms with Crippen LogP contribution in [0, 0.1) is 0 Å². The summed E-state index contributed by atoms with van der Waals surface area (Å²) >= 11 is 0. The minimum atomic E-state index is -1.07. The average Bonchev–Trinajstić information content (AvgIpc) is 3.22. The van der Waals surface area contributed by atoms with Crippen LogP contribution in [0.15, 0.2) is 30.3 Å². The predicted octanol–water partition coefficient (Wildman–Crippen LogP) is 0.501. The molecule has 2 atom stereocenters. The van der Waals surface area contributed by atoms with E-state index < -0.39 is 28.7 Å². The van der Waals surface area contributed by atoms with Gasteiger partial charge in [0, 0.05) is 28.9 Å². The zero-order chi connectivity index (χ0) is 14.5. The number of hydrogen-bond acceptors (Lipinski definition) is 3.